The maximum atomic E-state index is 12.4. The Hall–Kier alpha value is -3.02. The number of para-hydroxylation sites is 1. The largest absolute Gasteiger partial charge is 0.496 e. The van der Waals surface area contributed by atoms with E-state index in [1.807, 2.05) is 53.4 Å². The number of methoxy groups -OCH3 is 1. The molecule has 148 valence electrons. The molecule has 1 aliphatic heterocycles. The Kier molecular flexibility index (Phi) is 6.53. The van der Waals surface area contributed by atoms with Crippen molar-refractivity contribution in [3.05, 3.63) is 59.7 Å². The number of urea groups is 1. The molecule has 2 aromatic carbocycles. The lowest BCUT2D eigenvalue weighted by molar-refractivity contribution is 0.101. The average Bonchev–Trinajstić information content (AvgIpc) is 2.74. The number of anilines is 1. The number of amides is 2. The summed E-state index contributed by atoms with van der Waals surface area (Å²) in [7, 11) is 1.66. The van der Waals surface area contributed by atoms with Crippen LogP contribution in [0.3, 0.4) is 0 Å². The minimum Gasteiger partial charge on any atom is -0.496 e. The smallest absolute Gasteiger partial charge is 0.317 e. The second-order valence-corrected chi connectivity index (χ2v) is 6.87. The zero-order chi connectivity index (χ0) is 19.9. The molecule has 0 bridgehead atoms. The van der Waals surface area contributed by atoms with Crippen LogP contribution in [0.25, 0.3) is 0 Å². The zero-order valence-electron chi connectivity index (χ0n) is 16.5. The molecule has 6 nitrogen and oxygen atoms in total. The summed E-state index contributed by atoms with van der Waals surface area (Å²) in [5, 5.41) is 3.00. The lowest BCUT2D eigenvalue weighted by atomic mass is 10.1. The van der Waals surface area contributed by atoms with Gasteiger partial charge in [0, 0.05) is 44.0 Å². The minimum absolute atomic E-state index is 0.0352. The number of nitrogens with zero attached hydrogens (tertiary/aromatic N) is 2. The quantitative estimate of drug-likeness (QED) is 0.782. The van der Waals surface area contributed by atoms with Crippen LogP contribution in [0.2, 0.25) is 0 Å². The molecule has 1 N–H and O–H groups in total. The number of carbonyl (C=O) groups is 2. The van der Waals surface area contributed by atoms with Gasteiger partial charge in [-0.25, -0.2) is 4.79 Å². The molecule has 0 saturated carbocycles. The van der Waals surface area contributed by atoms with Crippen LogP contribution in [-0.4, -0.2) is 56.5 Å². The third kappa shape index (κ3) is 4.82. The van der Waals surface area contributed by atoms with E-state index in [0.29, 0.717) is 25.2 Å². The number of ketones is 1. The molecule has 1 fully saturated rings. The van der Waals surface area contributed by atoms with Crippen molar-refractivity contribution < 1.29 is 14.3 Å². The third-order valence-electron chi connectivity index (χ3n) is 5.05. The van der Waals surface area contributed by atoms with Gasteiger partial charge in [-0.15, -0.1) is 0 Å². The van der Waals surface area contributed by atoms with Gasteiger partial charge in [-0.05, 0) is 37.1 Å². The Morgan fingerprint density at radius 1 is 1.04 bits per heavy atom. The monoisotopic (exact) mass is 381 g/mol. The molecule has 0 radical (unpaired) electrons. The fourth-order valence-corrected chi connectivity index (χ4v) is 3.41. The van der Waals surface area contributed by atoms with Crippen molar-refractivity contribution >= 4 is 17.5 Å². The van der Waals surface area contributed by atoms with Gasteiger partial charge in [-0.2, -0.15) is 0 Å². The Labute approximate surface area is 166 Å². The topological polar surface area (TPSA) is 61.9 Å². The van der Waals surface area contributed by atoms with E-state index in [1.54, 1.807) is 14.0 Å². The summed E-state index contributed by atoms with van der Waals surface area (Å²) in [5.74, 6) is 0.910. The van der Waals surface area contributed by atoms with Gasteiger partial charge in [0.05, 0.1) is 7.11 Å². The van der Waals surface area contributed by atoms with Gasteiger partial charge < -0.3 is 19.9 Å². The van der Waals surface area contributed by atoms with Crippen LogP contribution in [0.5, 0.6) is 5.75 Å². The molecule has 0 aliphatic carbocycles. The Morgan fingerprint density at radius 2 is 1.79 bits per heavy atom. The van der Waals surface area contributed by atoms with Gasteiger partial charge in [0.15, 0.2) is 5.78 Å². The number of benzene rings is 2. The standard InChI is InChI=1S/C22H27N3O3/c1-17(26)19-7-5-8-20(16-19)24-12-14-25(15-13-24)22(27)23-11-10-18-6-3-4-9-21(18)28-2/h3-9,16H,10-15H2,1-2H3,(H,23,27). The molecule has 0 atom stereocenters. The lowest BCUT2D eigenvalue weighted by Gasteiger charge is -2.36. The summed E-state index contributed by atoms with van der Waals surface area (Å²) >= 11 is 0. The van der Waals surface area contributed by atoms with Gasteiger partial charge in [0.2, 0.25) is 0 Å². The highest BCUT2D eigenvalue weighted by Crippen LogP contribution is 2.19. The lowest BCUT2D eigenvalue weighted by Crippen LogP contribution is -2.52. The van der Waals surface area contributed by atoms with Crippen molar-refractivity contribution in [2.75, 3.05) is 44.7 Å². The van der Waals surface area contributed by atoms with Gasteiger partial charge in [-0.1, -0.05) is 30.3 Å². The second-order valence-electron chi connectivity index (χ2n) is 6.87. The van der Waals surface area contributed by atoms with E-state index >= 15 is 0 Å². The molecular formula is C22H27N3O3. The summed E-state index contributed by atoms with van der Waals surface area (Å²) in [6, 6.07) is 15.5. The van der Waals surface area contributed by atoms with Gasteiger partial charge in [0.1, 0.15) is 5.75 Å². The van der Waals surface area contributed by atoms with Crippen LogP contribution in [-0.2, 0) is 6.42 Å². The molecule has 0 aromatic heterocycles. The van der Waals surface area contributed by atoms with E-state index in [9.17, 15) is 9.59 Å². The van der Waals surface area contributed by atoms with Crippen molar-refractivity contribution in [3.8, 4) is 5.75 Å². The average molecular weight is 381 g/mol. The van der Waals surface area contributed by atoms with E-state index in [0.717, 1.165) is 36.5 Å². The van der Waals surface area contributed by atoms with Crippen molar-refractivity contribution in [3.63, 3.8) is 0 Å². The molecule has 1 heterocycles. The predicted molar refractivity (Wildman–Crippen MR) is 110 cm³/mol. The van der Waals surface area contributed by atoms with Crippen molar-refractivity contribution in [1.82, 2.24) is 10.2 Å². The first-order valence-corrected chi connectivity index (χ1v) is 9.59. The zero-order valence-corrected chi connectivity index (χ0v) is 16.5. The highest BCUT2D eigenvalue weighted by molar-refractivity contribution is 5.95. The fourth-order valence-electron chi connectivity index (χ4n) is 3.41. The predicted octanol–water partition coefficient (Wildman–Crippen LogP) is 2.97. The van der Waals surface area contributed by atoms with Gasteiger partial charge in [0.25, 0.3) is 0 Å². The SMILES string of the molecule is COc1ccccc1CCNC(=O)N1CCN(c2cccc(C(C)=O)c2)CC1. The summed E-state index contributed by atoms with van der Waals surface area (Å²) in [6.45, 7) is 4.96. The minimum atomic E-state index is -0.0352. The van der Waals surface area contributed by atoms with Crippen LogP contribution in [0.15, 0.2) is 48.5 Å². The van der Waals surface area contributed by atoms with Crippen molar-refractivity contribution in [2.45, 2.75) is 13.3 Å². The van der Waals surface area contributed by atoms with Crippen LogP contribution >= 0.6 is 0 Å². The maximum Gasteiger partial charge on any atom is 0.317 e. The number of piperazine rings is 1. The molecule has 1 aliphatic rings. The van der Waals surface area contributed by atoms with Crippen molar-refractivity contribution in [2.24, 2.45) is 0 Å². The van der Waals surface area contributed by atoms with Gasteiger partial charge in [-0.3, -0.25) is 4.79 Å². The number of ether oxygens (including phenoxy) is 1. The first-order valence-electron chi connectivity index (χ1n) is 9.59. The summed E-state index contributed by atoms with van der Waals surface area (Å²) < 4.78 is 5.35. The number of hydrogen-bond donors (Lipinski definition) is 1. The van der Waals surface area contributed by atoms with E-state index in [2.05, 4.69) is 10.2 Å². The van der Waals surface area contributed by atoms with Crippen LogP contribution in [0.4, 0.5) is 10.5 Å². The Bertz CT molecular complexity index is 829. The molecule has 3 rings (SSSR count). The number of hydrogen-bond acceptors (Lipinski definition) is 4. The number of Topliss-reactive ketones (excluding diaryl/α,β-unsaturated/α-hetero) is 1. The number of carbonyl (C=O) groups excluding carboxylic acids is 2. The molecule has 6 heteroatoms. The first-order chi connectivity index (χ1) is 13.6. The summed E-state index contributed by atoms with van der Waals surface area (Å²) in [4.78, 5) is 28.1. The van der Waals surface area contributed by atoms with E-state index in [1.165, 1.54) is 0 Å². The second kappa shape index (κ2) is 9.26. The normalized spacial score (nSPS) is 13.9. The summed E-state index contributed by atoms with van der Waals surface area (Å²) in [6.07, 6.45) is 0.730. The van der Waals surface area contributed by atoms with E-state index < -0.39 is 0 Å². The highest BCUT2D eigenvalue weighted by atomic mass is 16.5. The van der Waals surface area contributed by atoms with Crippen LogP contribution < -0.4 is 15.0 Å². The number of nitrogens with one attached hydrogen (secondary N) is 1. The summed E-state index contributed by atoms with van der Waals surface area (Å²) in [5.41, 5.74) is 2.83. The van der Waals surface area contributed by atoms with E-state index in [-0.39, 0.29) is 11.8 Å². The maximum absolute atomic E-state index is 12.4. The first kappa shape index (κ1) is 19.7. The Morgan fingerprint density at radius 3 is 2.50 bits per heavy atom. The molecule has 1 saturated heterocycles. The molecule has 0 unspecified atom stereocenters. The molecule has 0 spiro atoms. The molecule has 2 aromatic rings. The molecule has 28 heavy (non-hydrogen) atoms. The molecular weight excluding hydrogens is 354 g/mol. The van der Waals surface area contributed by atoms with Crippen molar-refractivity contribution in [1.29, 1.82) is 0 Å². The molecule has 2 amide bonds. The van der Waals surface area contributed by atoms with Gasteiger partial charge >= 0.3 is 6.03 Å². The van der Waals surface area contributed by atoms with Crippen LogP contribution in [0.1, 0.15) is 22.8 Å². The van der Waals surface area contributed by atoms with Crippen LogP contribution in [0, 0.1) is 0 Å². The highest BCUT2D eigenvalue weighted by Gasteiger charge is 2.21. The number of rotatable bonds is 6. The van der Waals surface area contributed by atoms with E-state index in [4.69, 9.17) is 4.74 Å². The fraction of sp³-hybridized carbons (Fsp3) is 0.364. The Balaban J connectivity index is 1.47. The third-order valence-corrected chi connectivity index (χ3v) is 5.05.